The van der Waals surface area contributed by atoms with E-state index in [1.807, 2.05) is 0 Å². The lowest BCUT2D eigenvalue weighted by Crippen LogP contribution is -2.46. The van der Waals surface area contributed by atoms with Crippen molar-refractivity contribution in [3.8, 4) is 0 Å². The molecule has 1 unspecified atom stereocenters. The van der Waals surface area contributed by atoms with Crippen LogP contribution < -0.4 is 0 Å². The first-order chi connectivity index (χ1) is 8.14. The average Bonchev–Trinajstić information content (AvgIpc) is 2.35. The summed E-state index contributed by atoms with van der Waals surface area (Å²) < 4.78 is 0. The van der Waals surface area contributed by atoms with E-state index in [0.29, 0.717) is 5.54 Å². The van der Waals surface area contributed by atoms with E-state index in [9.17, 15) is 0 Å². The summed E-state index contributed by atoms with van der Waals surface area (Å²) in [6.07, 6.45) is 10.9. The fourth-order valence-electron chi connectivity index (χ4n) is 2.65. The van der Waals surface area contributed by atoms with Crippen molar-refractivity contribution in [2.75, 3.05) is 13.1 Å². The van der Waals surface area contributed by atoms with Gasteiger partial charge < -0.3 is 0 Å². The van der Waals surface area contributed by atoms with Gasteiger partial charge in [-0.2, -0.15) is 0 Å². The standard InChI is InChI=1S/C16H35N/c1-6-10-12-13-14-16(5,8-3)17(9-4)15-11-7-2/h6-15H2,1-5H3. The third-order valence-corrected chi connectivity index (χ3v) is 4.26. The van der Waals surface area contributed by atoms with Gasteiger partial charge in [0.25, 0.3) is 0 Å². The maximum Gasteiger partial charge on any atom is 0.0178 e. The quantitative estimate of drug-likeness (QED) is 0.447. The van der Waals surface area contributed by atoms with Gasteiger partial charge in [0.1, 0.15) is 0 Å². The first kappa shape index (κ1) is 17.0. The van der Waals surface area contributed by atoms with Gasteiger partial charge in [-0.05, 0) is 39.3 Å². The molecular formula is C16H35N. The summed E-state index contributed by atoms with van der Waals surface area (Å²) in [6.45, 7) is 14.2. The van der Waals surface area contributed by atoms with E-state index in [1.165, 1.54) is 64.5 Å². The lowest BCUT2D eigenvalue weighted by molar-refractivity contribution is 0.0914. The van der Waals surface area contributed by atoms with Gasteiger partial charge in [0.15, 0.2) is 0 Å². The van der Waals surface area contributed by atoms with Crippen molar-refractivity contribution in [3.63, 3.8) is 0 Å². The number of hydrogen-bond donors (Lipinski definition) is 0. The van der Waals surface area contributed by atoms with Crippen molar-refractivity contribution in [1.29, 1.82) is 0 Å². The molecular weight excluding hydrogens is 206 g/mol. The SMILES string of the molecule is CCCCCCC(C)(CC)N(CC)CCCC. The van der Waals surface area contributed by atoms with Gasteiger partial charge >= 0.3 is 0 Å². The Morgan fingerprint density at radius 3 is 1.94 bits per heavy atom. The normalized spacial score (nSPS) is 15.2. The van der Waals surface area contributed by atoms with Crippen LogP contribution in [0.2, 0.25) is 0 Å². The predicted octanol–water partition coefficient (Wildman–Crippen LogP) is 5.25. The van der Waals surface area contributed by atoms with E-state index in [-0.39, 0.29) is 0 Å². The van der Waals surface area contributed by atoms with Crippen molar-refractivity contribution >= 4 is 0 Å². The Morgan fingerprint density at radius 1 is 0.824 bits per heavy atom. The second kappa shape index (κ2) is 9.94. The Labute approximate surface area is 110 Å². The number of unbranched alkanes of at least 4 members (excludes halogenated alkanes) is 4. The van der Waals surface area contributed by atoms with Crippen LogP contribution in [0.4, 0.5) is 0 Å². The zero-order valence-electron chi connectivity index (χ0n) is 13.0. The number of hydrogen-bond acceptors (Lipinski definition) is 1. The Bertz CT molecular complexity index is 167. The molecule has 0 aromatic heterocycles. The second-order valence-electron chi connectivity index (χ2n) is 5.59. The summed E-state index contributed by atoms with van der Waals surface area (Å²) in [5.74, 6) is 0. The van der Waals surface area contributed by atoms with Gasteiger partial charge in [-0.15, -0.1) is 0 Å². The van der Waals surface area contributed by atoms with E-state index >= 15 is 0 Å². The van der Waals surface area contributed by atoms with Crippen LogP contribution in [0.5, 0.6) is 0 Å². The summed E-state index contributed by atoms with van der Waals surface area (Å²) >= 11 is 0. The summed E-state index contributed by atoms with van der Waals surface area (Å²) in [4.78, 5) is 2.71. The van der Waals surface area contributed by atoms with Crippen LogP contribution in [0, 0.1) is 0 Å². The van der Waals surface area contributed by atoms with Crippen molar-refractivity contribution in [2.45, 2.75) is 91.5 Å². The monoisotopic (exact) mass is 241 g/mol. The molecule has 0 aliphatic carbocycles. The molecule has 0 saturated heterocycles. The molecule has 0 radical (unpaired) electrons. The van der Waals surface area contributed by atoms with Gasteiger partial charge in [0, 0.05) is 5.54 Å². The molecule has 104 valence electrons. The smallest absolute Gasteiger partial charge is 0.0178 e. The Kier molecular flexibility index (Phi) is 9.91. The van der Waals surface area contributed by atoms with E-state index in [4.69, 9.17) is 0 Å². The maximum absolute atomic E-state index is 2.71. The van der Waals surface area contributed by atoms with Crippen LogP contribution in [0.25, 0.3) is 0 Å². The highest BCUT2D eigenvalue weighted by Gasteiger charge is 2.27. The van der Waals surface area contributed by atoms with Gasteiger partial charge in [-0.1, -0.05) is 59.8 Å². The molecule has 0 N–H and O–H groups in total. The van der Waals surface area contributed by atoms with Crippen LogP contribution in [0.3, 0.4) is 0 Å². The minimum atomic E-state index is 0.442. The largest absolute Gasteiger partial charge is 0.298 e. The number of rotatable bonds is 11. The molecule has 1 heteroatoms. The van der Waals surface area contributed by atoms with Gasteiger partial charge in [0.2, 0.25) is 0 Å². The minimum Gasteiger partial charge on any atom is -0.298 e. The summed E-state index contributed by atoms with van der Waals surface area (Å²) in [5.41, 5.74) is 0.442. The van der Waals surface area contributed by atoms with Crippen molar-refractivity contribution in [1.82, 2.24) is 4.90 Å². The van der Waals surface area contributed by atoms with Gasteiger partial charge in [-0.25, -0.2) is 0 Å². The molecule has 0 saturated carbocycles. The topological polar surface area (TPSA) is 3.24 Å². The zero-order valence-corrected chi connectivity index (χ0v) is 13.0. The van der Waals surface area contributed by atoms with Gasteiger partial charge in [0.05, 0.1) is 0 Å². The van der Waals surface area contributed by atoms with Crippen molar-refractivity contribution in [3.05, 3.63) is 0 Å². The molecule has 0 heterocycles. The van der Waals surface area contributed by atoms with Crippen LogP contribution in [-0.4, -0.2) is 23.5 Å². The zero-order chi connectivity index (χ0) is 13.1. The summed E-state index contributed by atoms with van der Waals surface area (Å²) in [5, 5.41) is 0. The highest BCUT2D eigenvalue weighted by atomic mass is 15.2. The molecule has 0 spiro atoms. The van der Waals surface area contributed by atoms with E-state index in [0.717, 1.165) is 0 Å². The van der Waals surface area contributed by atoms with Crippen molar-refractivity contribution in [2.24, 2.45) is 0 Å². The molecule has 1 atom stereocenters. The second-order valence-corrected chi connectivity index (χ2v) is 5.59. The Hall–Kier alpha value is -0.0400. The van der Waals surface area contributed by atoms with Crippen LogP contribution in [-0.2, 0) is 0 Å². The lowest BCUT2D eigenvalue weighted by Gasteiger charge is -2.41. The molecule has 0 aromatic carbocycles. The summed E-state index contributed by atoms with van der Waals surface area (Å²) in [7, 11) is 0. The fourth-order valence-corrected chi connectivity index (χ4v) is 2.65. The van der Waals surface area contributed by atoms with Crippen LogP contribution in [0.15, 0.2) is 0 Å². The summed E-state index contributed by atoms with van der Waals surface area (Å²) in [6, 6.07) is 0. The minimum absolute atomic E-state index is 0.442. The highest BCUT2D eigenvalue weighted by molar-refractivity contribution is 4.84. The third-order valence-electron chi connectivity index (χ3n) is 4.26. The number of nitrogens with zero attached hydrogens (tertiary/aromatic N) is 1. The maximum atomic E-state index is 2.71. The molecule has 0 amide bonds. The molecule has 0 aliphatic rings. The molecule has 1 nitrogen and oxygen atoms in total. The molecule has 0 aliphatic heterocycles. The van der Waals surface area contributed by atoms with E-state index in [2.05, 4.69) is 39.5 Å². The van der Waals surface area contributed by atoms with E-state index in [1.54, 1.807) is 0 Å². The Balaban J connectivity index is 4.18. The van der Waals surface area contributed by atoms with Crippen LogP contribution in [0.1, 0.15) is 86.0 Å². The fraction of sp³-hybridized carbons (Fsp3) is 1.00. The predicted molar refractivity (Wildman–Crippen MR) is 79.6 cm³/mol. The first-order valence-electron chi connectivity index (χ1n) is 7.89. The molecule has 0 bridgehead atoms. The van der Waals surface area contributed by atoms with Crippen LogP contribution >= 0.6 is 0 Å². The highest BCUT2D eigenvalue weighted by Crippen LogP contribution is 2.26. The average molecular weight is 241 g/mol. The molecule has 0 rings (SSSR count). The third kappa shape index (κ3) is 6.45. The molecule has 17 heavy (non-hydrogen) atoms. The Morgan fingerprint density at radius 2 is 1.47 bits per heavy atom. The van der Waals surface area contributed by atoms with E-state index < -0.39 is 0 Å². The molecule has 0 aromatic rings. The van der Waals surface area contributed by atoms with Gasteiger partial charge in [-0.3, -0.25) is 4.90 Å². The van der Waals surface area contributed by atoms with Crippen molar-refractivity contribution < 1.29 is 0 Å². The first-order valence-corrected chi connectivity index (χ1v) is 7.89. The lowest BCUT2D eigenvalue weighted by atomic mass is 9.89. The molecule has 0 fully saturated rings.